The molecule has 0 bridgehead atoms. The molecule has 6 nitrogen and oxygen atoms in total. The number of anilines is 1. The van der Waals surface area contributed by atoms with Gasteiger partial charge in [0.2, 0.25) is 15.9 Å². The van der Waals surface area contributed by atoms with Gasteiger partial charge in [0.25, 0.3) is 0 Å². The molecule has 1 fully saturated rings. The lowest BCUT2D eigenvalue weighted by molar-refractivity contribution is -0.121. The fourth-order valence-corrected chi connectivity index (χ4v) is 5.41. The zero-order chi connectivity index (χ0) is 23.8. The van der Waals surface area contributed by atoms with E-state index in [0.717, 1.165) is 30.8 Å². The smallest absolute Gasteiger partial charge is 0.232 e. The van der Waals surface area contributed by atoms with Crippen LogP contribution in [0.5, 0.6) is 0 Å². The highest BCUT2D eigenvalue weighted by Gasteiger charge is 2.20. The number of likely N-dealkylation sites (tertiary alicyclic amines) is 1. The minimum Gasteiger partial charge on any atom is -0.352 e. The predicted octanol–water partition coefficient (Wildman–Crippen LogP) is 4.50. The van der Waals surface area contributed by atoms with Gasteiger partial charge in [0, 0.05) is 31.1 Å². The first-order valence-electron chi connectivity index (χ1n) is 11.5. The standard InChI is InChI=1S/C25H34ClN3O3S/c1-20-12-13-23(26)17-24(20)29(33(2,31)32)16-8-11-25(30)27-18-21-9-4-5-10-22(21)19-28-14-6-3-7-15-28/h4-5,9-10,12-13,17H,3,6-8,11,14-16,18-19H2,1-2H3,(H,27,30). The van der Waals surface area contributed by atoms with Crippen LogP contribution < -0.4 is 9.62 Å². The van der Waals surface area contributed by atoms with E-state index in [-0.39, 0.29) is 18.9 Å². The maximum atomic E-state index is 12.5. The topological polar surface area (TPSA) is 69.7 Å². The lowest BCUT2D eigenvalue weighted by Crippen LogP contribution is -2.33. The Morgan fingerprint density at radius 2 is 1.79 bits per heavy atom. The molecule has 0 atom stereocenters. The van der Waals surface area contributed by atoms with Crippen LogP contribution in [-0.2, 0) is 27.9 Å². The minimum absolute atomic E-state index is 0.0842. The van der Waals surface area contributed by atoms with Crippen molar-refractivity contribution in [3.05, 3.63) is 64.2 Å². The van der Waals surface area contributed by atoms with E-state index in [0.29, 0.717) is 23.7 Å². The SMILES string of the molecule is Cc1ccc(Cl)cc1N(CCCC(=O)NCc1ccccc1CN1CCCCC1)S(C)(=O)=O. The highest BCUT2D eigenvalue weighted by molar-refractivity contribution is 7.92. The van der Waals surface area contributed by atoms with Gasteiger partial charge in [-0.2, -0.15) is 0 Å². The van der Waals surface area contributed by atoms with E-state index in [1.165, 1.54) is 35.4 Å². The highest BCUT2D eigenvalue weighted by atomic mass is 35.5. The van der Waals surface area contributed by atoms with Gasteiger partial charge in [-0.15, -0.1) is 0 Å². The molecule has 2 aromatic rings. The average molecular weight is 492 g/mol. The van der Waals surface area contributed by atoms with Crippen molar-refractivity contribution >= 4 is 33.2 Å². The number of aryl methyl sites for hydroxylation is 1. The van der Waals surface area contributed by atoms with Crippen LogP contribution in [0.2, 0.25) is 5.02 Å². The molecule has 3 rings (SSSR count). The van der Waals surface area contributed by atoms with Gasteiger partial charge in [0.15, 0.2) is 0 Å². The Labute approximate surface area is 203 Å². The number of halogens is 1. The largest absolute Gasteiger partial charge is 0.352 e. The molecule has 1 saturated heterocycles. The molecule has 0 spiro atoms. The third-order valence-electron chi connectivity index (χ3n) is 6.04. The maximum Gasteiger partial charge on any atom is 0.232 e. The van der Waals surface area contributed by atoms with Crippen LogP contribution in [0, 0.1) is 6.92 Å². The molecule has 0 unspecified atom stereocenters. The third-order valence-corrected chi connectivity index (χ3v) is 7.46. The summed E-state index contributed by atoms with van der Waals surface area (Å²) in [4.78, 5) is 15.0. The summed E-state index contributed by atoms with van der Waals surface area (Å²) in [5, 5.41) is 3.48. The first-order valence-corrected chi connectivity index (χ1v) is 13.8. The number of nitrogens with zero attached hydrogens (tertiary/aromatic N) is 2. The van der Waals surface area contributed by atoms with Gasteiger partial charge in [-0.1, -0.05) is 48.4 Å². The van der Waals surface area contributed by atoms with Crippen molar-refractivity contribution in [2.45, 2.75) is 52.1 Å². The Bertz CT molecular complexity index is 1050. The molecule has 0 aromatic heterocycles. The number of nitrogens with one attached hydrogen (secondary N) is 1. The first kappa shape index (κ1) is 25.5. The van der Waals surface area contributed by atoms with Gasteiger partial charge in [-0.25, -0.2) is 8.42 Å². The summed E-state index contributed by atoms with van der Waals surface area (Å²) < 4.78 is 26.1. The summed E-state index contributed by atoms with van der Waals surface area (Å²) in [6.07, 6.45) is 5.64. The number of hydrogen-bond donors (Lipinski definition) is 1. The molecule has 0 aliphatic carbocycles. The summed E-state index contributed by atoms with van der Waals surface area (Å²) in [6.45, 7) is 5.71. The molecule has 8 heteroatoms. The van der Waals surface area contributed by atoms with Crippen LogP contribution in [-0.4, -0.2) is 45.1 Å². The van der Waals surface area contributed by atoms with Crippen molar-refractivity contribution in [3.63, 3.8) is 0 Å². The quantitative estimate of drug-likeness (QED) is 0.531. The second-order valence-corrected chi connectivity index (χ2v) is 11.1. The number of carbonyl (C=O) groups excluding carboxylic acids is 1. The molecule has 1 heterocycles. The monoisotopic (exact) mass is 491 g/mol. The van der Waals surface area contributed by atoms with Crippen LogP contribution >= 0.6 is 11.6 Å². The lowest BCUT2D eigenvalue weighted by atomic mass is 10.0. The van der Waals surface area contributed by atoms with E-state index in [2.05, 4.69) is 22.3 Å². The van der Waals surface area contributed by atoms with E-state index in [4.69, 9.17) is 11.6 Å². The van der Waals surface area contributed by atoms with Gasteiger partial charge in [0.05, 0.1) is 11.9 Å². The number of benzene rings is 2. The van der Waals surface area contributed by atoms with Crippen LogP contribution in [0.15, 0.2) is 42.5 Å². The summed E-state index contributed by atoms with van der Waals surface area (Å²) in [5.74, 6) is -0.0842. The molecular formula is C25H34ClN3O3S. The Morgan fingerprint density at radius 3 is 2.48 bits per heavy atom. The second-order valence-electron chi connectivity index (χ2n) is 8.75. The van der Waals surface area contributed by atoms with Crippen LogP contribution in [0.1, 0.15) is 48.8 Å². The zero-order valence-electron chi connectivity index (χ0n) is 19.5. The zero-order valence-corrected chi connectivity index (χ0v) is 21.1. The first-order chi connectivity index (χ1) is 15.7. The van der Waals surface area contributed by atoms with Crippen molar-refractivity contribution in [3.8, 4) is 0 Å². The van der Waals surface area contributed by atoms with E-state index in [9.17, 15) is 13.2 Å². The van der Waals surface area contributed by atoms with E-state index < -0.39 is 10.0 Å². The van der Waals surface area contributed by atoms with Crippen LogP contribution in [0.25, 0.3) is 0 Å². The molecule has 1 aliphatic rings. The van der Waals surface area contributed by atoms with Crippen LogP contribution in [0.3, 0.4) is 0 Å². The summed E-state index contributed by atoms with van der Waals surface area (Å²) in [5.41, 5.74) is 3.75. The molecule has 33 heavy (non-hydrogen) atoms. The average Bonchev–Trinajstić information content (AvgIpc) is 2.78. The van der Waals surface area contributed by atoms with Crippen molar-refractivity contribution < 1.29 is 13.2 Å². The number of amides is 1. The van der Waals surface area contributed by atoms with Gasteiger partial charge in [-0.05, 0) is 68.1 Å². The fourth-order valence-electron chi connectivity index (χ4n) is 4.22. The molecule has 0 saturated carbocycles. The lowest BCUT2D eigenvalue weighted by Gasteiger charge is -2.27. The van der Waals surface area contributed by atoms with E-state index >= 15 is 0 Å². The predicted molar refractivity (Wildman–Crippen MR) is 135 cm³/mol. The highest BCUT2D eigenvalue weighted by Crippen LogP contribution is 2.26. The maximum absolute atomic E-state index is 12.5. The normalized spacial score (nSPS) is 14.8. The molecule has 2 aromatic carbocycles. The number of sulfonamides is 1. The van der Waals surface area contributed by atoms with Crippen molar-refractivity contribution in [1.29, 1.82) is 0 Å². The van der Waals surface area contributed by atoms with Gasteiger partial charge >= 0.3 is 0 Å². The Balaban J connectivity index is 1.53. The summed E-state index contributed by atoms with van der Waals surface area (Å²) in [7, 11) is -3.49. The molecular weight excluding hydrogens is 458 g/mol. The van der Waals surface area contributed by atoms with Crippen LogP contribution in [0.4, 0.5) is 5.69 Å². The van der Waals surface area contributed by atoms with Crippen molar-refractivity contribution in [2.75, 3.05) is 30.2 Å². The summed E-state index contributed by atoms with van der Waals surface area (Å²) >= 11 is 6.08. The Morgan fingerprint density at radius 1 is 1.09 bits per heavy atom. The van der Waals surface area contributed by atoms with E-state index in [1.807, 2.05) is 19.1 Å². The second kappa shape index (κ2) is 11.9. The Hall–Kier alpha value is -2.09. The van der Waals surface area contributed by atoms with E-state index in [1.54, 1.807) is 18.2 Å². The molecule has 0 radical (unpaired) electrons. The fraction of sp³-hybridized carbons (Fsp3) is 0.480. The molecule has 1 aliphatic heterocycles. The minimum atomic E-state index is -3.49. The number of hydrogen-bond acceptors (Lipinski definition) is 4. The molecule has 1 amide bonds. The third kappa shape index (κ3) is 7.73. The number of rotatable bonds is 10. The molecule has 1 N–H and O–H groups in total. The van der Waals surface area contributed by atoms with Crippen molar-refractivity contribution in [2.24, 2.45) is 0 Å². The van der Waals surface area contributed by atoms with Gasteiger partial charge < -0.3 is 5.32 Å². The Kier molecular flexibility index (Phi) is 9.18. The van der Waals surface area contributed by atoms with Crippen molar-refractivity contribution in [1.82, 2.24) is 10.2 Å². The molecule has 180 valence electrons. The summed E-state index contributed by atoms with van der Waals surface area (Å²) in [6, 6.07) is 13.4. The van der Waals surface area contributed by atoms with Gasteiger partial charge in [0.1, 0.15) is 0 Å². The van der Waals surface area contributed by atoms with Gasteiger partial charge in [-0.3, -0.25) is 14.0 Å². The number of piperidine rings is 1. The number of carbonyl (C=O) groups is 1.